The van der Waals surface area contributed by atoms with E-state index in [4.69, 9.17) is 14.2 Å². The molecule has 6 heteroatoms. The zero-order chi connectivity index (χ0) is 48.6. The Labute approximate surface area is 415 Å². The quantitative estimate of drug-likeness (QED) is 0.0262. The van der Waals surface area contributed by atoms with Crippen LogP contribution in [0.1, 0.15) is 290 Å². The van der Waals surface area contributed by atoms with E-state index in [1.54, 1.807) is 0 Å². The first kappa shape index (κ1) is 64.1. The van der Waals surface area contributed by atoms with E-state index in [1.165, 1.54) is 161 Å². The molecule has 0 saturated carbocycles. The fourth-order valence-electron chi connectivity index (χ4n) is 8.09. The Morgan fingerprint density at radius 1 is 0.299 bits per heavy atom. The Balaban J connectivity index is 4.39. The molecule has 0 aliphatic rings. The average molecular weight is 938 g/mol. The summed E-state index contributed by atoms with van der Waals surface area (Å²) in [5, 5.41) is 0. The molecule has 0 amide bonds. The van der Waals surface area contributed by atoms with E-state index in [0.717, 1.165) is 89.9 Å². The number of carbonyl (C=O) groups is 3. The fraction of sp³-hybridized carbons (Fsp3) is 0.787. The number of carbonyl (C=O) groups excluding carboxylic acids is 3. The van der Waals surface area contributed by atoms with Crippen LogP contribution in [0.25, 0.3) is 0 Å². The lowest BCUT2D eigenvalue weighted by Crippen LogP contribution is -2.30. The van der Waals surface area contributed by atoms with E-state index >= 15 is 0 Å². The highest BCUT2D eigenvalue weighted by Gasteiger charge is 2.19. The maximum absolute atomic E-state index is 12.8. The van der Waals surface area contributed by atoms with Gasteiger partial charge in [-0.2, -0.15) is 0 Å². The maximum Gasteiger partial charge on any atom is 0.306 e. The molecule has 1 atom stereocenters. The second-order valence-corrected chi connectivity index (χ2v) is 19.2. The SMILES string of the molecule is CCCCC/C=C\C/C=C\C/C=C\CCCCCCC(=O)O[C@@H](COC(=O)CCCCCCC/C=C\CCCCCC)COC(=O)CCCCCCCCCCC/C=C\CCCCCCCC. The number of rotatable bonds is 52. The van der Waals surface area contributed by atoms with Crippen LogP contribution in [0.5, 0.6) is 0 Å². The Kier molecular flexibility index (Phi) is 53.3. The molecule has 0 aromatic carbocycles. The van der Waals surface area contributed by atoms with Crippen molar-refractivity contribution in [3.05, 3.63) is 60.8 Å². The Morgan fingerprint density at radius 3 is 0.896 bits per heavy atom. The zero-order valence-corrected chi connectivity index (χ0v) is 44.4. The van der Waals surface area contributed by atoms with Gasteiger partial charge in [0.2, 0.25) is 0 Å². The van der Waals surface area contributed by atoms with Gasteiger partial charge in [0.1, 0.15) is 13.2 Å². The lowest BCUT2D eigenvalue weighted by Gasteiger charge is -2.18. The first-order valence-corrected chi connectivity index (χ1v) is 28.8. The monoisotopic (exact) mass is 937 g/mol. The van der Waals surface area contributed by atoms with Gasteiger partial charge < -0.3 is 14.2 Å². The van der Waals surface area contributed by atoms with Gasteiger partial charge >= 0.3 is 17.9 Å². The molecule has 0 heterocycles. The molecule has 388 valence electrons. The van der Waals surface area contributed by atoms with Crippen molar-refractivity contribution in [2.75, 3.05) is 13.2 Å². The number of allylic oxidation sites excluding steroid dienone is 10. The van der Waals surface area contributed by atoms with Gasteiger partial charge in [-0.25, -0.2) is 0 Å². The zero-order valence-electron chi connectivity index (χ0n) is 44.4. The van der Waals surface area contributed by atoms with Gasteiger partial charge in [-0.3, -0.25) is 14.4 Å². The summed E-state index contributed by atoms with van der Waals surface area (Å²) in [5.41, 5.74) is 0. The van der Waals surface area contributed by atoms with E-state index in [0.29, 0.717) is 19.3 Å². The normalized spacial score (nSPS) is 12.5. The molecule has 6 nitrogen and oxygen atoms in total. The van der Waals surface area contributed by atoms with Crippen LogP contribution < -0.4 is 0 Å². The van der Waals surface area contributed by atoms with Gasteiger partial charge in [0, 0.05) is 19.3 Å². The molecule has 0 saturated heterocycles. The lowest BCUT2D eigenvalue weighted by molar-refractivity contribution is -0.167. The van der Waals surface area contributed by atoms with E-state index < -0.39 is 6.10 Å². The van der Waals surface area contributed by atoms with Crippen LogP contribution in [-0.4, -0.2) is 37.2 Å². The van der Waals surface area contributed by atoms with Crippen molar-refractivity contribution < 1.29 is 28.6 Å². The fourth-order valence-corrected chi connectivity index (χ4v) is 8.09. The van der Waals surface area contributed by atoms with Crippen LogP contribution in [0.3, 0.4) is 0 Å². The van der Waals surface area contributed by atoms with E-state index in [2.05, 4.69) is 81.5 Å². The molecule has 0 fully saturated rings. The summed E-state index contributed by atoms with van der Waals surface area (Å²) >= 11 is 0. The summed E-state index contributed by atoms with van der Waals surface area (Å²) in [6.07, 6.45) is 69.2. The Hall–Kier alpha value is -2.89. The minimum absolute atomic E-state index is 0.0861. The second kappa shape index (κ2) is 55.7. The van der Waals surface area contributed by atoms with Gasteiger partial charge in [0.25, 0.3) is 0 Å². The van der Waals surface area contributed by atoms with E-state index in [1.807, 2.05) is 0 Å². The first-order valence-electron chi connectivity index (χ1n) is 28.8. The summed E-state index contributed by atoms with van der Waals surface area (Å²) in [4.78, 5) is 38.1. The van der Waals surface area contributed by atoms with Gasteiger partial charge in [0.15, 0.2) is 6.10 Å². The van der Waals surface area contributed by atoms with Gasteiger partial charge in [0.05, 0.1) is 0 Å². The predicted molar refractivity (Wildman–Crippen MR) is 288 cm³/mol. The molecular weight excluding hydrogens is 829 g/mol. The van der Waals surface area contributed by atoms with Gasteiger partial charge in [-0.15, -0.1) is 0 Å². The molecule has 0 aromatic rings. The molecule has 0 aliphatic carbocycles. The molecule has 0 aromatic heterocycles. The Morgan fingerprint density at radius 2 is 0.537 bits per heavy atom. The van der Waals surface area contributed by atoms with Crippen molar-refractivity contribution in [3.63, 3.8) is 0 Å². The minimum atomic E-state index is -0.790. The van der Waals surface area contributed by atoms with Crippen molar-refractivity contribution in [1.82, 2.24) is 0 Å². The molecule has 0 unspecified atom stereocenters. The predicted octanol–water partition coefficient (Wildman–Crippen LogP) is 19.2. The first-order chi connectivity index (χ1) is 33.0. The van der Waals surface area contributed by atoms with Crippen molar-refractivity contribution in [3.8, 4) is 0 Å². The maximum atomic E-state index is 12.8. The molecule has 0 rings (SSSR count). The standard InChI is InChI=1S/C61H108O6/c1-4-7-10-13-16-19-22-25-27-29-30-32-33-36-39-42-45-48-51-54-60(63)66-57-58(56-65-59(62)53-50-47-44-41-38-35-24-21-18-15-12-9-6-3)67-61(64)55-52-49-46-43-40-37-34-31-28-26-23-20-17-14-11-8-5-2/h17,20-21,24-28,34,37,58H,4-16,18-19,22-23,29-33,35-36,38-57H2,1-3H3/b20-17-,24-21-,27-25-,28-26-,37-34-/t58-/m0/s1. The van der Waals surface area contributed by atoms with Crippen molar-refractivity contribution in [2.45, 2.75) is 297 Å². The van der Waals surface area contributed by atoms with E-state index in [-0.39, 0.29) is 31.1 Å². The smallest absolute Gasteiger partial charge is 0.306 e. The number of esters is 3. The van der Waals surface area contributed by atoms with Gasteiger partial charge in [-0.05, 0) is 109 Å². The third kappa shape index (κ3) is 53.9. The number of unbranched alkanes of at least 4 members (excludes halogenated alkanes) is 31. The topological polar surface area (TPSA) is 78.9 Å². The van der Waals surface area contributed by atoms with Crippen molar-refractivity contribution in [1.29, 1.82) is 0 Å². The molecule has 0 radical (unpaired) electrons. The molecule has 0 aliphatic heterocycles. The second-order valence-electron chi connectivity index (χ2n) is 19.2. The highest BCUT2D eigenvalue weighted by Crippen LogP contribution is 2.15. The van der Waals surface area contributed by atoms with Crippen LogP contribution in [0.2, 0.25) is 0 Å². The van der Waals surface area contributed by atoms with E-state index in [9.17, 15) is 14.4 Å². The third-order valence-corrected chi connectivity index (χ3v) is 12.5. The molecular formula is C61H108O6. The summed E-state index contributed by atoms with van der Waals surface area (Å²) in [6.45, 7) is 6.59. The highest BCUT2D eigenvalue weighted by molar-refractivity contribution is 5.71. The molecule has 0 spiro atoms. The number of ether oxygens (including phenoxy) is 3. The molecule has 67 heavy (non-hydrogen) atoms. The van der Waals surface area contributed by atoms with Crippen LogP contribution in [-0.2, 0) is 28.6 Å². The summed E-state index contributed by atoms with van der Waals surface area (Å²) in [7, 11) is 0. The van der Waals surface area contributed by atoms with Crippen molar-refractivity contribution >= 4 is 17.9 Å². The summed E-state index contributed by atoms with van der Waals surface area (Å²) in [5.74, 6) is -0.909. The van der Waals surface area contributed by atoms with Crippen molar-refractivity contribution in [2.24, 2.45) is 0 Å². The average Bonchev–Trinajstić information content (AvgIpc) is 3.33. The highest BCUT2D eigenvalue weighted by atomic mass is 16.6. The van der Waals surface area contributed by atoms with Crippen LogP contribution in [0.4, 0.5) is 0 Å². The summed E-state index contributed by atoms with van der Waals surface area (Å²) in [6, 6.07) is 0. The van der Waals surface area contributed by atoms with Gasteiger partial charge in [-0.1, -0.05) is 223 Å². The lowest BCUT2D eigenvalue weighted by atomic mass is 10.1. The molecule has 0 N–H and O–H groups in total. The summed E-state index contributed by atoms with van der Waals surface area (Å²) < 4.78 is 16.8. The van der Waals surface area contributed by atoms with Crippen LogP contribution in [0.15, 0.2) is 60.8 Å². The number of hydrogen-bond donors (Lipinski definition) is 0. The third-order valence-electron chi connectivity index (χ3n) is 12.5. The Bertz CT molecular complexity index is 1210. The van der Waals surface area contributed by atoms with Crippen LogP contribution in [0, 0.1) is 0 Å². The minimum Gasteiger partial charge on any atom is -0.462 e. The number of hydrogen-bond acceptors (Lipinski definition) is 6. The van der Waals surface area contributed by atoms with Crippen LogP contribution >= 0.6 is 0 Å². The largest absolute Gasteiger partial charge is 0.462 e. The molecule has 0 bridgehead atoms.